The van der Waals surface area contributed by atoms with Crippen LogP contribution in [0.2, 0.25) is 0 Å². The number of ether oxygens (including phenoxy) is 12. The van der Waals surface area contributed by atoms with Gasteiger partial charge >= 0.3 is 17.9 Å². The molecule has 0 aromatic rings. The zero-order chi connectivity index (χ0) is 71.1. The minimum absolute atomic E-state index is 0.0181. The molecule has 33 heteroatoms. The van der Waals surface area contributed by atoms with Crippen LogP contribution in [-0.4, -0.2) is 326 Å². The monoisotopic (exact) mass is 1420 g/mol. The number of esters is 3. The molecule has 99 heavy (non-hydrogen) atoms. The van der Waals surface area contributed by atoms with Crippen LogP contribution in [0.25, 0.3) is 0 Å². The maximum absolute atomic E-state index is 13.0. The van der Waals surface area contributed by atoms with Crippen LogP contribution >= 0.6 is 0 Å². The predicted octanol–water partition coefficient (Wildman–Crippen LogP) is -5.60. The fourth-order valence-electron chi connectivity index (χ4n) is 15.3. The Hall–Kier alpha value is -3.45. The highest BCUT2D eigenvalue weighted by molar-refractivity contribution is 5.82. The van der Waals surface area contributed by atoms with Crippen LogP contribution in [0, 0.1) is 29.6 Å². The summed E-state index contributed by atoms with van der Waals surface area (Å²) in [5.41, 5.74) is 0. The van der Waals surface area contributed by atoms with Gasteiger partial charge in [-0.3, -0.25) is 0 Å². The maximum Gasteiger partial charge on any atom is 0.330 e. The van der Waals surface area contributed by atoms with Crippen molar-refractivity contribution in [3.63, 3.8) is 0 Å². The van der Waals surface area contributed by atoms with Gasteiger partial charge in [0.25, 0.3) is 0 Å². The highest BCUT2D eigenvalue weighted by atomic mass is 16.7. The van der Waals surface area contributed by atoms with E-state index in [4.69, 9.17) is 56.8 Å². The summed E-state index contributed by atoms with van der Waals surface area (Å²) in [6, 6.07) is 0. The van der Waals surface area contributed by atoms with Gasteiger partial charge in [0.15, 0.2) is 25.2 Å². The zero-order valence-electron chi connectivity index (χ0n) is 54.8. The van der Waals surface area contributed by atoms with Crippen molar-refractivity contribution in [3.05, 3.63) is 36.5 Å². The topological polar surface area (TPSA) is 526 Å². The molecule has 0 aromatic carbocycles. The molecule has 0 amide bonds. The molecule has 5 saturated carbocycles. The van der Waals surface area contributed by atoms with E-state index in [0.717, 1.165) is 0 Å². The van der Waals surface area contributed by atoms with Gasteiger partial charge in [-0.1, -0.05) is 18.2 Å². The molecule has 28 atom stereocenters. The van der Waals surface area contributed by atoms with Crippen LogP contribution in [-0.2, 0) is 71.2 Å². The van der Waals surface area contributed by atoms with E-state index >= 15 is 0 Å². The molecule has 0 aromatic heterocycles. The second kappa shape index (κ2) is 35.6. The Morgan fingerprint density at radius 2 is 0.677 bits per heavy atom. The SMILES string of the molecule is O=C(C=CC1CCC(O)CC1)OCC1OC(OC2CC(O)C3CC(OC4OC(CO)C(O)C(O)C4O)C(C4CC(OC5OC(COC(=O)C=CC6CCC(O)CC6)C(O)C(O)C5O)C(O)C(OC5OC(COC(=O)C=CC6CCC(O)CC6)C(O)C(O)C5O)C4)OC3C2)C(O)C(O)C1O. The molecule has 5 aliphatic carbocycles. The zero-order valence-corrected chi connectivity index (χ0v) is 54.8. The van der Waals surface area contributed by atoms with Crippen molar-refractivity contribution in [1.82, 2.24) is 0 Å². The molecule has 5 aliphatic heterocycles. The Morgan fingerprint density at radius 1 is 0.343 bits per heavy atom. The van der Waals surface area contributed by atoms with Crippen molar-refractivity contribution in [2.75, 3.05) is 26.4 Å². The molecular weight excluding hydrogens is 1320 g/mol. The van der Waals surface area contributed by atoms with E-state index in [1.165, 1.54) is 18.2 Å². The number of carbonyl (C=O) groups is 3. The molecule has 10 rings (SSSR count). The second-order valence-electron chi connectivity index (χ2n) is 28.5. The normalized spacial score (nSPS) is 47.9. The molecule has 0 spiro atoms. The number of carbonyl (C=O) groups excluding carboxylic acids is 3. The summed E-state index contributed by atoms with van der Waals surface area (Å²) in [5, 5.41) is 199. The van der Waals surface area contributed by atoms with E-state index in [1.54, 1.807) is 18.2 Å². The van der Waals surface area contributed by atoms with Gasteiger partial charge in [0.2, 0.25) is 0 Å². The van der Waals surface area contributed by atoms with E-state index in [0.29, 0.717) is 77.0 Å². The molecule has 0 radical (unpaired) electrons. The predicted molar refractivity (Wildman–Crippen MR) is 328 cm³/mol. The quantitative estimate of drug-likeness (QED) is 0.0273. The Labute approximate surface area is 570 Å². The Bertz CT molecular complexity index is 2540. The van der Waals surface area contributed by atoms with E-state index in [-0.39, 0.29) is 49.9 Å². The average molecular weight is 1420 g/mol. The summed E-state index contributed by atoms with van der Waals surface area (Å²) in [6.45, 7) is -2.82. The molecule has 28 unspecified atom stereocenters. The maximum atomic E-state index is 13.0. The first kappa shape index (κ1) is 78.1. The third kappa shape index (κ3) is 19.7. The van der Waals surface area contributed by atoms with Gasteiger partial charge < -0.3 is 149 Å². The van der Waals surface area contributed by atoms with E-state index in [1.807, 2.05) is 0 Å². The first-order chi connectivity index (χ1) is 47.2. The number of fused-ring (bicyclic) bond motifs is 1. The van der Waals surface area contributed by atoms with Gasteiger partial charge in [0.1, 0.15) is 124 Å². The molecular formula is C66H102O33. The van der Waals surface area contributed by atoms with Crippen molar-refractivity contribution >= 4 is 17.9 Å². The molecule has 5 saturated heterocycles. The van der Waals surface area contributed by atoms with Crippen molar-refractivity contribution in [1.29, 1.82) is 0 Å². The molecule has 0 bridgehead atoms. The van der Waals surface area contributed by atoms with Crippen molar-refractivity contribution < 1.29 is 163 Å². The number of aliphatic hydroxyl groups excluding tert-OH is 18. The minimum Gasteiger partial charge on any atom is -0.460 e. The standard InChI is InChI=1S/C66H102O33/c67-24-42-50(76)54(80)59(85)66(96-42)95-41-23-36-37(71)21-35(91-63-58(84)55(81)51(77)43(97-63)25-88-46(72)16-7-28-1-10-32(68)11-2-28)22-38(36)92-62(41)31-19-39(93-64-60(86)56(82)52(78)44(98-64)26-89-47(73)17-8-29-3-12-33(69)13-4-29)49(75)40(20-31)94-65-61(87)57(83)53(79)45(99-65)27-90-48(74)18-9-30-5-14-34(70)15-6-30/h7-9,16-18,28-45,49-71,75-87H,1-6,10-15,19-27H2. The second-order valence-corrected chi connectivity index (χ2v) is 28.5. The van der Waals surface area contributed by atoms with Crippen LogP contribution in [0.4, 0.5) is 0 Å². The first-order valence-electron chi connectivity index (χ1n) is 34.9. The van der Waals surface area contributed by atoms with Gasteiger partial charge in [-0.2, -0.15) is 0 Å². The molecule has 5 heterocycles. The summed E-state index contributed by atoms with van der Waals surface area (Å²) in [4.78, 5) is 38.8. The lowest BCUT2D eigenvalue weighted by molar-refractivity contribution is -0.351. The number of rotatable bonds is 22. The van der Waals surface area contributed by atoms with Gasteiger partial charge in [0, 0.05) is 37.0 Å². The molecule has 33 nitrogen and oxygen atoms in total. The summed E-state index contributed by atoms with van der Waals surface area (Å²) in [7, 11) is 0. The van der Waals surface area contributed by atoms with Crippen LogP contribution < -0.4 is 0 Å². The van der Waals surface area contributed by atoms with E-state index in [2.05, 4.69) is 0 Å². The summed E-state index contributed by atoms with van der Waals surface area (Å²) < 4.78 is 72.3. The lowest BCUT2D eigenvalue weighted by Gasteiger charge is -2.53. The Morgan fingerprint density at radius 3 is 1.04 bits per heavy atom. The highest BCUT2D eigenvalue weighted by Gasteiger charge is 2.57. The third-order valence-corrected chi connectivity index (χ3v) is 21.5. The number of hydrogen-bond donors (Lipinski definition) is 18. The van der Waals surface area contributed by atoms with E-state index in [9.17, 15) is 106 Å². The average Bonchev–Trinajstić information content (AvgIpc) is 0.762. The van der Waals surface area contributed by atoms with E-state index < -0.39 is 246 Å². The molecule has 10 aliphatic rings. The van der Waals surface area contributed by atoms with Gasteiger partial charge in [-0.05, 0) is 120 Å². The third-order valence-electron chi connectivity index (χ3n) is 21.5. The fraction of sp³-hybridized carbons (Fsp3) is 0.864. The number of allylic oxidation sites excluding steroid dienone is 3. The van der Waals surface area contributed by atoms with Crippen molar-refractivity contribution in [3.8, 4) is 0 Å². The number of hydrogen-bond acceptors (Lipinski definition) is 33. The van der Waals surface area contributed by atoms with Crippen LogP contribution in [0.15, 0.2) is 36.5 Å². The van der Waals surface area contributed by atoms with Crippen LogP contribution in [0.5, 0.6) is 0 Å². The minimum atomic E-state index is -2.07. The van der Waals surface area contributed by atoms with Gasteiger partial charge in [-0.25, -0.2) is 14.4 Å². The fourth-order valence-corrected chi connectivity index (χ4v) is 15.3. The van der Waals surface area contributed by atoms with Crippen molar-refractivity contribution in [2.24, 2.45) is 29.6 Å². The van der Waals surface area contributed by atoms with Crippen LogP contribution in [0.3, 0.4) is 0 Å². The lowest BCUT2D eigenvalue weighted by Crippen LogP contribution is -2.64. The largest absolute Gasteiger partial charge is 0.460 e. The summed E-state index contributed by atoms with van der Waals surface area (Å²) >= 11 is 0. The number of aliphatic hydroxyl groups is 18. The van der Waals surface area contributed by atoms with Crippen LogP contribution in [0.1, 0.15) is 109 Å². The first-order valence-corrected chi connectivity index (χ1v) is 34.9. The van der Waals surface area contributed by atoms with Gasteiger partial charge in [-0.15, -0.1) is 0 Å². The Balaban J connectivity index is 0.898. The molecule has 18 N–H and O–H groups in total. The summed E-state index contributed by atoms with van der Waals surface area (Å²) in [6.07, 6.45) is -34.8. The smallest absolute Gasteiger partial charge is 0.330 e. The molecule has 564 valence electrons. The highest BCUT2D eigenvalue weighted by Crippen LogP contribution is 2.46. The molecule has 10 fully saturated rings. The van der Waals surface area contributed by atoms with Crippen molar-refractivity contribution in [2.45, 2.75) is 299 Å². The van der Waals surface area contributed by atoms with Gasteiger partial charge in [0.05, 0.1) is 67.6 Å². The lowest BCUT2D eigenvalue weighted by atomic mass is 9.72. The Kier molecular flexibility index (Phi) is 28.1. The summed E-state index contributed by atoms with van der Waals surface area (Å²) in [5.74, 6) is -4.46.